The van der Waals surface area contributed by atoms with Gasteiger partial charge in [-0.15, -0.1) is 0 Å². The van der Waals surface area contributed by atoms with Gasteiger partial charge >= 0.3 is 0 Å². The molecule has 6 nitrogen and oxygen atoms in total. The van der Waals surface area contributed by atoms with Crippen LogP contribution in [0.2, 0.25) is 0 Å². The zero-order chi connectivity index (χ0) is 16.1. The third kappa shape index (κ3) is 3.80. The number of amides is 1. The number of carbonyl (C=O) groups is 1. The Hall–Kier alpha value is -2.13. The lowest BCUT2D eigenvalue weighted by molar-refractivity contribution is -0.136. The Balaban J connectivity index is 1.55. The van der Waals surface area contributed by atoms with E-state index in [2.05, 4.69) is 21.3 Å². The van der Waals surface area contributed by atoms with Gasteiger partial charge in [0.1, 0.15) is 11.9 Å². The van der Waals surface area contributed by atoms with Crippen LogP contribution in [0, 0.1) is 17.2 Å². The molecule has 1 amide bonds. The maximum absolute atomic E-state index is 12.7. The molecule has 0 aliphatic carbocycles. The first-order valence-corrected chi connectivity index (χ1v) is 8.38. The second-order valence-corrected chi connectivity index (χ2v) is 6.21. The van der Waals surface area contributed by atoms with Gasteiger partial charge in [0.15, 0.2) is 0 Å². The van der Waals surface area contributed by atoms with Crippen LogP contribution in [0.5, 0.6) is 0 Å². The van der Waals surface area contributed by atoms with Crippen molar-refractivity contribution in [2.75, 3.05) is 44.2 Å². The average Bonchev–Trinajstić information content (AvgIpc) is 2.91. The van der Waals surface area contributed by atoms with E-state index in [9.17, 15) is 4.79 Å². The van der Waals surface area contributed by atoms with E-state index in [-0.39, 0.29) is 5.92 Å². The predicted octanol–water partition coefficient (Wildman–Crippen LogP) is 0.992. The molecule has 0 bridgehead atoms. The van der Waals surface area contributed by atoms with Crippen molar-refractivity contribution in [2.24, 2.45) is 5.92 Å². The summed E-state index contributed by atoms with van der Waals surface area (Å²) in [5.74, 6) is 1.36. The number of hydrogen-bond donors (Lipinski definition) is 1. The maximum atomic E-state index is 12.7. The quantitative estimate of drug-likeness (QED) is 0.881. The number of nitrogens with zero attached hydrogens (tertiary/aromatic N) is 4. The number of carbonyl (C=O) groups excluding carboxylic acids is 1. The molecule has 2 aliphatic rings. The van der Waals surface area contributed by atoms with Crippen LogP contribution in [0.15, 0.2) is 18.3 Å². The highest BCUT2D eigenvalue weighted by Crippen LogP contribution is 2.23. The van der Waals surface area contributed by atoms with E-state index < -0.39 is 0 Å². The Bertz CT molecular complexity index is 564. The summed E-state index contributed by atoms with van der Waals surface area (Å²) < 4.78 is 0. The number of aromatic nitrogens is 1. The summed E-state index contributed by atoms with van der Waals surface area (Å²) in [6.07, 6.45) is 4.41. The number of nitriles is 1. The van der Waals surface area contributed by atoms with E-state index in [4.69, 9.17) is 5.26 Å². The van der Waals surface area contributed by atoms with Gasteiger partial charge in [0.2, 0.25) is 5.91 Å². The van der Waals surface area contributed by atoms with Gasteiger partial charge in [0.05, 0.1) is 5.56 Å². The summed E-state index contributed by atoms with van der Waals surface area (Å²) in [5.41, 5.74) is 0.577. The van der Waals surface area contributed by atoms with Crippen LogP contribution in [-0.4, -0.2) is 55.1 Å². The van der Waals surface area contributed by atoms with Crippen LogP contribution in [0.1, 0.15) is 24.8 Å². The normalized spacial score (nSPS) is 20.0. The second-order valence-electron chi connectivity index (χ2n) is 6.21. The summed E-state index contributed by atoms with van der Waals surface area (Å²) in [6.45, 7) is 5.31. The molecular formula is C17H23N5O. The van der Waals surface area contributed by atoms with Crippen LogP contribution in [0.25, 0.3) is 0 Å². The fourth-order valence-electron chi connectivity index (χ4n) is 3.32. The number of nitrogens with one attached hydrogen (secondary N) is 1. The third-order valence-corrected chi connectivity index (χ3v) is 4.70. The van der Waals surface area contributed by atoms with E-state index in [1.54, 1.807) is 12.3 Å². The highest BCUT2D eigenvalue weighted by Gasteiger charge is 2.29. The highest BCUT2D eigenvalue weighted by molar-refractivity contribution is 5.79. The van der Waals surface area contributed by atoms with Gasteiger partial charge in [-0.1, -0.05) is 0 Å². The molecule has 3 rings (SSSR count). The predicted molar refractivity (Wildman–Crippen MR) is 88.0 cm³/mol. The summed E-state index contributed by atoms with van der Waals surface area (Å²) in [5, 5.41) is 12.2. The van der Waals surface area contributed by atoms with Gasteiger partial charge in [-0.2, -0.15) is 5.26 Å². The van der Waals surface area contributed by atoms with E-state index in [1.165, 1.54) is 0 Å². The SMILES string of the molecule is N#Cc1ccc(N2CCC(C(=O)N3CCCNCC3)CC2)nc1. The van der Waals surface area contributed by atoms with Gasteiger partial charge in [0.25, 0.3) is 0 Å². The van der Waals surface area contributed by atoms with E-state index in [0.29, 0.717) is 11.5 Å². The molecule has 6 heteroatoms. The smallest absolute Gasteiger partial charge is 0.225 e. The second kappa shape index (κ2) is 7.42. The molecule has 1 N–H and O–H groups in total. The van der Waals surface area contributed by atoms with Gasteiger partial charge in [-0.05, 0) is 37.9 Å². The Morgan fingerprint density at radius 2 is 2.04 bits per heavy atom. The van der Waals surface area contributed by atoms with Crippen molar-refractivity contribution in [2.45, 2.75) is 19.3 Å². The lowest BCUT2D eigenvalue weighted by Crippen LogP contribution is -2.43. The van der Waals surface area contributed by atoms with Crippen molar-refractivity contribution >= 4 is 11.7 Å². The van der Waals surface area contributed by atoms with Gasteiger partial charge in [0, 0.05) is 44.8 Å². The monoisotopic (exact) mass is 313 g/mol. The first-order valence-electron chi connectivity index (χ1n) is 8.38. The molecule has 2 fully saturated rings. The number of pyridine rings is 1. The standard InChI is InChI=1S/C17H23N5O/c18-12-14-2-3-16(20-13-14)21-9-4-15(5-10-21)17(23)22-8-1-6-19-7-11-22/h2-3,13,15,19H,1,4-11H2. The highest BCUT2D eigenvalue weighted by atomic mass is 16.2. The first-order chi connectivity index (χ1) is 11.3. The third-order valence-electron chi connectivity index (χ3n) is 4.70. The summed E-state index contributed by atoms with van der Waals surface area (Å²) >= 11 is 0. The van der Waals surface area contributed by atoms with Crippen molar-refractivity contribution in [3.8, 4) is 6.07 Å². The van der Waals surface area contributed by atoms with Gasteiger partial charge in [-0.3, -0.25) is 4.79 Å². The van der Waals surface area contributed by atoms with E-state index in [0.717, 1.165) is 64.3 Å². The average molecular weight is 313 g/mol. The van der Waals surface area contributed by atoms with Crippen LogP contribution < -0.4 is 10.2 Å². The van der Waals surface area contributed by atoms with Crippen LogP contribution in [-0.2, 0) is 4.79 Å². The molecule has 0 atom stereocenters. The maximum Gasteiger partial charge on any atom is 0.225 e. The topological polar surface area (TPSA) is 72.3 Å². The zero-order valence-corrected chi connectivity index (χ0v) is 13.4. The van der Waals surface area contributed by atoms with Crippen molar-refractivity contribution in [3.05, 3.63) is 23.9 Å². The largest absolute Gasteiger partial charge is 0.357 e. The molecule has 1 aromatic heterocycles. The fraction of sp³-hybridized carbons (Fsp3) is 0.588. The minimum Gasteiger partial charge on any atom is -0.357 e. The molecular weight excluding hydrogens is 290 g/mol. The minimum atomic E-state index is 0.141. The zero-order valence-electron chi connectivity index (χ0n) is 13.4. The first kappa shape index (κ1) is 15.8. The molecule has 2 aliphatic heterocycles. The van der Waals surface area contributed by atoms with Crippen LogP contribution in [0.4, 0.5) is 5.82 Å². The molecule has 122 valence electrons. The van der Waals surface area contributed by atoms with E-state index in [1.807, 2.05) is 11.0 Å². The molecule has 0 unspecified atom stereocenters. The van der Waals surface area contributed by atoms with Crippen LogP contribution >= 0.6 is 0 Å². The molecule has 0 aromatic carbocycles. The molecule has 2 saturated heterocycles. The molecule has 3 heterocycles. The van der Waals surface area contributed by atoms with Gasteiger partial charge < -0.3 is 15.1 Å². The summed E-state index contributed by atoms with van der Waals surface area (Å²) in [6, 6.07) is 5.77. The summed E-state index contributed by atoms with van der Waals surface area (Å²) in [4.78, 5) is 21.2. The molecule has 1 aromatic rings. The van der Waals surface area contributed by atoms with Crippen LogP contribution in [0.3, 0.4) is 0 Å². The molecule has 0 spiro atoms. The number of rotatable bonds is 2. The Morgan fingerprint density at radius 1 is 1.22 bits per heavy atom. The minimum absolute atomic E-state index is 0.141. The summed E-state index contributed by atoms with van der Waals surface area (Å²) in [7, 11) is 0. The van der Waals surface area contributed by atoms with Crippen molar-refractivity contribution in [3.63, 3.8) is 0 Å². The lowest BCUT2D eigenvalue weighted by atomic mass is 9.95. The number of anilines is 1. The van der Waals surface area contributed by atoms with Gasteiger partial charge in [-0.25, -0.2) is 4.98 Å². The Morgan fingerprint density at radius 3 is 2.74 bits per heavy atom. The van der Waals surface area contributed by atoms with E-state index >= 15 is 0 Å². The van der Waals surface area contributed by atoms with Crippen molar-refractivity contribution < 1.29 is 4.79 Å². The van der Waals surface area contributed by atoms with Crippen molar-refractivity contribution in [1.29, 1.82) is 5.26 Å². The fourth-order valence-corrected chi connectivity index (χ4v) is 3.32. The lowest BCUT2D eigenvalue weighted by Gasteiger charge is -2.34. The molecule has 0 radical (unpaired) electrons. The van der Waals surface area contributed by atoms with Crippen molar-refractivity contribution in [1.82, 2.24) is 15.2 Å². The number of piperidine rings is 1. The number of hydrogen-bond acceptors (Lipinski definition) is 5. The molecule has 23 heavy (non-hydrogen) atoms. The molecule has 0 saturated carbocycles. The Kier molecular flexibility index (Phi) is 5.09. The Labute approximate surface area is 137 Å².